The maximum atomic E-state index is 11.6. The van der Waals surface area contributed by atoms with Gasteiger partial charge in [-0.05, 0) is 44.0 Å². The van der Waals surface area contributed by atoms with Gasteiger partial charge >= 0.3 is 0 Å². The van der Waals surface area contributed by atoms with Crippen LogP contribution in [0.25, 0.3) is 0 Å². The Bertz CT molecular complexity index is 787. The van der Waals surface area contributed by atoms with Crippen LogP contribution in [0, 0.1) is 11.3 Å². The van der Waals surface area contributed by atoms with Gasteiger partial charge in [-0.3, -0.25) is 9.59 Å². The number of aryl methyl sites for hydroxylation is 1. The van der Waals surface area contributed by atoms with Crippen LogP contribution in [0.3, 0.4) is 0 Å². The Hall–Kier alpha value is -2.87. The summed E-state index contributed by atoms with van der Waals surface area (Å²) in [5.41, 5.74) is 1.79. The molecular weight excluding hydrogens is 290 g/mol. The average molecular weight is 309 g/mol. The number of anilines is 1. The van der Waals surface area contributed by atoms with E-state index in [1.165, 1.54) is 6.92 Å². The number of carbonyl (C=O) groups is 1. The van der Waals surface area contributed by atoms with Crippen molar-refractivity contribution >= 4 is 11.5 Å². The van der Waals surface area contributed by atoms with E-state index in [-0.39, 0.29) is 11.3 Å². The molecule has 0 aliphatic rings. The number of benzene rings is 1. The van der Waals surface area contributed by atoms with Crippen molar-refractivity contribution in [3.8, 4) is 6.07 Å². The molecule has 1 aromatic carbocycles. The number of aromatic nitrogens is 1. The van der Waals surface area contributed by atoms with E-state index in [9.17, 15) is 9.59 Å². The third-order valence-electron chi connectivity index (χ3n) is 3.59. The Morgan fingerprint density at radius 3 is 2.78 bits per heavy atom. The van der Waals surface area contributed by atoms with Gasteiger partial charge in [-0.25, -0.2) is 0 Å². The standard InChI is InChI=1S/C18H19N3O2/c1-14(22)15-7-8-16(13-19)17(12-15)20-9-3-5-11-21-10-4-2-6-18(21)23/h2,4,6-8,10,12,20H,3,5,9,11H2,1H3. The first kappa shape index (κ1) is 16.5. The van der Waals surface area contributed by atoms with Gasteiger partial charge in [-0.1, -0.05) is 6.07 Å². The zero-order valence-corrected chi connectivity index (χ0v) is 13.1. The largest absolute Gasteiger partial charge is 0.384 e. The fourth-order valence-electron chi connectivity index (χ4n) is 2.28. The highest BCUT2D eigenvalue weighted by molar-refractivity contribution is 5.95. The van der Waals surface area contributed by atoms with Crippen molar-refractivity contribution in [3.05, 3.63) is 64.1 Å². The molecule has 23 heavy (non-hydrogen) atoms. The molecule has 1 aromatic heterocycles. The van der Waals surface area contributed by atoms with Crippen molar-refractivity contribution < 1.29 is 4.79 Å². The molecule has 2 aromatic rings. The monoisotopic (exact) mass is 309 g/mol. The molecule has 1 N–H and O–H groups in total. The molecule has 0 aliphatic carbocycles. The van der Waals surface area contributed by atoms with Crippen LogP contribution in [0.1, 0.15) is 35.7 Å². The fourth-order valence-corrected chi connectivity index (χ4v) is 2.28. The highest BCUT2D eigenvalue weighted by Gasteiger charge is 2.06. The predicted octanol–water partition coefficient (Wildman–Crippen LogP) is 2.81. The quantitative estimate of drug-likeness (QED) is 0.630. The van der Waals surface area contributed by atoms with E-state index < -0.39 is 0 Å². The molecule has 5 heteroatoms. The number of rotatable bonds is 7. The number of nitrogens with zero attached hydrogens (tertiary/aromatic N) is 2. The maximum Gasteiger partial charge on any atom is 0.250 e. The molecule has 0 fully saturated rings. The van der Waals surface area contributed by atoms with Crippen LogP contribution in [-0.2, 0) is 6.54 Å². The number of Topliss-reactive ketones (excluding diaryl/α,β-unsaturated/α-hetero) is 1. The van der Waals surface area contributed by atoms with Crippen LogP contribution in [0.5, 0.6) is 0 Å². The van der Waals surface area contributed by atoms with Gasteiger partial charge in [0, 0.05) is 30.9 Å². The van der Waals surface area contributed by atoms with E-state index in [0.29, 0.717) is 29.9 Å². The first-order chi connectivity index (χ1) is 11.1. The molecule has 0 radical (unpaired) electrons. The second kappa shape index (κ2) is 7.95. The molecule has 0 atom stereocenters. The lowest BCUT2D eigenvalue weighted by molar-refractivity contribution is 0.101. The lowest BCUT2D eigenvalue weighted by atomic mass is 10.1. The molecule has 0 amide bonds. The third-order valence-corrected chi connectivity index (χ3v) is 3.59. The van der Waals surface area contributed by atoms with Gasteiger partial charge in [0.15, 0.2) is 5.78 Å². The van der Waals surface area contributed by atoms with Crippen LogP contribution in [-0.4, -0.2) is 16.9 Å². The lowest BCUT2D eigenvalue weighted by Crippen LogP contribution is -2.18. The molecule has 2 rings (SSSR count). The summed E-state index contributed by atoms with van der Waals surface area (Å²) in [6.07, 6.45) is 3.49. The van der Waals surface area contributed by atoms with E-state index in [1.54, 1.807) is 41.1 Å². The number of nitriles is 1. The SMILES string of the molecule is CC(=O)c1ccc(C#N)c(NCCCCn2ccccc2=O)c1. The predicted molar refractivity (Wildman–Crippen MR) is 89.6 cm³/mol. The smallest absolute Gasteiger partial charge is 0.250 e. The van der Waals surface area contributed by atoms with Crippen molar-refractivity contribution in [1.29, 1.82) is 5.26 Å². The first-order valence-corrected chi connectivity index (χ1v) is 7.56. The molecule has 1 heterocycles. The summed E-state index contributed by atoms with van der Waals surface area (Å²) in [6.45, 7) is 2.85. The Kier molecular flexibility index (Phi) is 5.70. The van der Waals surface area contributed by atoms with E-state index in [4.69, 9.17) is 5.26 Å². The summed E-state index contributed by atoms with van der Waals surface area (Å²) in [5.74, 6) is -0.0269. The normalized spacial score (nSPS) is 10.1. The molecule has 0 saturated heterocycles. The number of unbranched alkanes of at least 4 members (excludes halogenated alkanes) is 1. The Balaban J connectivity index is 1.88. The summed E-state index contributed by atoms with van der Waals surface area (Å²) in [5, 5.41) is 12.3. The van der Waals surface area contributed by atoms with E-state index in [0.717, 1.165) is 12.8 Å². The summed E-state index contributed by atoms with van der Waals surface area (Å²) < 4.78 is 1.68. The van der Waals surface area contributed by atoms with Crippen molar-refractivity contribution in [2.24, 2.45) is 0 Å². The van der Waals surface area contributed by atoms with Crippen LogP contribution in [0.15, 0.2) is 47.4 Å². The summed E-state index contributed by atoms with van der Waals surface area (Å²) in [7, 11) is 0. The zero-order chi connectivity index (χ0) is 16.7. The number of ketones is 1. The van der Waals surface area contributed by atoms with Gasteiger partial charge < -0.3 is 9.88 Å². The van der Waals surface area contributed by atoms with Gasteiger partial charge in [0.2, 0.25) is 5.56 Å². The molecule has 0 unspecified atom stereocenters. The van der Waals surface area contributed by atoms with Gasteiger partial charge in [-0.15, -0.1) is 0 Å². The van der Waals surface area contributed by atoms with Crippen LogP contribution in [0.2, 0.25) is 0 Å². The lowest BCUT2D eigenvalue weighted by Gasteiger charge is -2.10. The summed E-state index contributed by atoms with van der Waals surface area (Å²) >= 11 is 0. The minimum Gasteiger partial charge on any atom is -0.384 e. The maximum absolute atomic E-state index is 11.6. The molecule has 0 spiro atoms. The fraction of sp³-hybridized carbons (Fsp3) is 0.278. The third kappa shape index (κ3) is 4.55. The Labute approximate surface area is 135 Å². The zero-order valence-electron chi connectivity index (χ0n) is 13.1. The average Bonchev–Trinajstić information content (AvgIpc) is 2.56. The van der Waals surface area contributed by atoms with Gasteiger partial charge in [0.25, 0.3) is 0 Å². The van der Waals surface area contributed by atoms with Crippen molar-refractivity contribution in [2.75, 3.05) is 11.9 Å². The first-order valence-electron chi connectivity index (χ1n) is 7.56. The number of carbonyl (C=O) groups excluding carboxylic acids is 1. The highest BCUT2D eigenvalue weighted by Crippen LogP contribution is 2.17. The van der Waals surface area contributed by atoms with Crippen LogP contribution >= 0.6 is 0 Å². The topological polar surface area (TPSA) is 74.9 Å². The molecule has 0 aliphatic heterocycles. The van der Waals surface area contributed by atoms with E-state index in [2.05, 4.69) is 11.4 Å². The number of nitrogens with one attached hydrogen (secondary N) is 1. The van der Waals surface area contributed by atoms with Gasteiger partial charge in [0.1, 0.15) is 6.07 Å². The second-order valence-corrected chi connectivity index (χ2v) is 5.29. The Morgan fingerprint density at radius 1 is 1.26 bits per heavy atom. The second-order valence-electron chi connectivity index (χ2n) is 5.29. The summed E-state index contributed by atoms with van der Waals surface area (Å²) in [4.78, 5) is 23.0. The van der Waals surface area contributed by atoms with Crippen molar-refractivity contribution in [1.82, 2.24) is 4.57 Å². The van der Waals surface area contributed by atoms with Gasteiger partial charge in [0.05, 0.1) is 11.3 Å². The number of hydrogen-bond donors (Lipinski definition) is 1. The molecule has 118 valence electrons. The van der Waals surface area contributed by atoms with Crippen molar-refractivity contribution in [2.45, 2.75) is 26.3 Å². The molecular formula is C18H19N3O2. The highest BCUT2D eigenvalue weighted by atomic mass is 16.1. The minimum atomic E-state index is -0.0269. The Morgan fingerprint density at radius 2 is 2.09 bits per heavy atom. The van der Waals surface area contributed by atoms with E-state index in [1.807, 2.05) is 6.07 Å². The number of hydrogen-bond acceptors (Lipinski definition) is 4. The van der Waals surface area contributed by atoms with Gasteiger partial charge in [-0.2, -0.15) is 5.26 Å². The molecule has 5 nitrogen and oxygen atoms in total. The van der Waals surface area contributed by atoms with Crippen molar-refractivity contribution in [3.63, 3.8) is 0 Å². The van der Waals surface area contributed by atoms with Crippen LogP contribution < -0.4 is 10.9 Å². The summed E-state index contributed by atoms with van der Waals surface area (Å²) in [6, 6.07) is 12.3. The minimum absolute atomic E-state index is 0.00128. The number of pyridine rings is 1. The van der Waals surface area contributed by atoms with E-state index >= 15 is 0 Å². The van der Waals surface area contributed by atoms with Crippen LogP contribution in [0.4, 0.5) is 5.69 Å². The molecule has 0 bridgehead atoms. The molecule has 0 saturated carbocycles.